The fourth-order valence-electron chi connectivity index (χ4n) is 1.79. The molecule has 1 rings (SSSR count). The largest absolute Gasteiger partial charge is 0.493 e. The minimum atomic E-state index is 0.692. The van der Waals surface area contributed by atoms with E-state index in [2.05, 4.69) is 47.2 Å². The molecule has 0 bridgehead atoms. The van der Waals surface area contributed by atoms with Gasteiger partial charge in [-0.1, -0.05) is 22.9 Å². The number of benzene rings is 1. The molecule has 114 valence electrons. The molecule has 0 amide bonds. The number of rotatable bonds is 9. The van der Waals surface area contributed by atoms with E-state index in [1.807, 2.05) is 12.1 Å². The predicted molar refractivity (Wildman–Crippen MR) is 86.7 cm³/mol. The molecule has 1 aromatic rings. The van der Waals surface area contributed by atoms with Gasteiger partial charge in [-0.2, -0.15) is 0 Å². The third kappa shape index (κ3) is 5.31. The van der Waals surface area contributed by atoms with Crippen molar-refractivity contribution in [3.05, 3.63) is 22.2 Å². The molecule has 1 N–H and O–H groups in total. The number of nitrogens with one attached hydrogen (secondary N) is 1. The van der Waals surface area contributed by atoms with Crippen molar-refractivity contribution in [1.82, 2.24) is 10.2 Å². The highest BCUT2D eigenvalue weighted by atomic mass is 79.9. The molecular formula is C15H25BrN2O2. The lowest BCUT2D eigenvalue weighted by Gasteiger charge is -2.17. The summed E-state index contributed by atoms with van der Waals surface area (Å²) in [6.07, 6.45) is 0.975. The van der Waals surface area contributed by atoms with Gasteiger partial charge in [-0.05, 0) is 32.6 Å². The van der Waals surface area contributed by atoms with Gasteiger partial charge in [0.15, 0.2) is 11.5 Å². The molecule has 0 aliphatic rings. The second-order valence-electron chi connectivity index (χ2n) is 4.89. The summed E-state index contributed by atoms with van der Waals surface area (Å²) in [6.45, 7) is 5.48. The highest BCUT2D eigenvalue weighted by Crippen LogP contribution is 2.36. The summed E-state index contributed by atoms with van der Waals surface area (Å²) >= 11 is 3.60. The molecule has 0 heterocycles. The van der Waals surface area contributed by atoms with E-state index in [1.165, 1.54) is 0 Å². The van der Waals surface area contributed by atoms with E-state index in [-0.39, 0.29) is 0 Å². The summed E-state index contributed by atoms with van der Waals surface area (Å²) < 4.78 is 12.3. The fourth-order valence-corrected chi connectivity index (χ4v) is 2.24. The molecule has 1 aromatic carbocycles. The van der Waals surface area contributed by atoms with E-state index in [9.17, 15) is 0 Å². The molecule has 0 unspecified atom stereocenters. The van der Waals surface area contributed by atoms with E-state index in [0.717, 1.165) is 47.6 Å². The molecule has 0 saturated carbocycles. The van der Waals surface area contributed by atoms with Gasteiger partial charge in [0.2, 0.25) is 0 Å². The van der Waals surface area contributed by atoms with E-state index < -0.39 is 0 Å². The van der Waals surface area contributed by atoms with Gasteiger partial charge < -0.3 is 19.7 Å². The van der Waals surface area contributed by atoms with Gasteiger partial charge in [0.1, 0.15) is 0 Å². The van der Waals surface area contributed by atoms with E-state index >= 15 is 0 Å². The maximum absolute atomic E-state index is 5.86. The van der Waals surface area contributed by atoms with Crippen LogP contribution >= 0.6 is 15.9 Å². The third-order valence-electron chi connectivity index (χ3n) is 2.88. The average Bonchev–Trinajstić information content (AvgIpc) is 2.42. The van der Waals surface area contributed by atoms with Crippen LogP contribution in [0.4, 0.5) is 0 Å². The second-order valence-corrected chi connectivity index (χ2v) is 5.74. The van der Waals surface area contributed by atoms with E-state index in [0.29, 0.717) is 6.61 Å². The van der Waals surface area contributed by atoms with Gasteiger partial charge in [0, 0.05) is 29.7 Å². The first-order valence-electron chi connectivity index (χ1n) is 6.93. The normalized spacial score (nSPS) is 10.9. The lowest BCUT2D eigenvalue weighted by molar-refractivity contribution is 0.290. The third-order valence-corrected chi connectivity index (χ3v) is 3.62. The minimum absolute atomic E-state index is 0.692. The quantitative estimate of drug-likeness (QED) is 0.698. The molecule has 4 nitrogen and oxygen atoms in total. The molecule has 0 radical (unpaired) electrons. The van der Waals surface area contributed by atoms with Crippen LogP contribution in [-0.4, -0.2) is 45.8 Å². The number of likely N-dealkylation sites (N-methyl/N-ethyl adjacent to an activating group) is 1. The Balaban J connectivity index is 2.79. The van der Waals surface area contributed by atoms with Gasteiger partial charge in [-0.25, -0.2) is 0 Å². The fraction of sp³-hybridized carbons (Fsp3) is 0.600. The molecule has 0 atom stereocenters. The van der Waals surface area contributed by atoms with Crippen LogP contribution in [-0.2, 0) is 6.54 Å². The Morgan fingerprint density at radius 1 is 1.30 bits per heavy atom. The Bertz CT molecular complexity index is 411. The van der Waals surface area contributed by atoms with Gasteiger partial charge in [0.25, 0.3) is 0 Å². The number of ether oxygens (including phenoxy) is 2. The monoisotopic (exact) mass is 344 g/mol. The molecule has 20 heavy (non-hydrogen) atoms. The Morgan fingerprint density at radius 3 is 2.65 bits per heavy atom. The van der Waals surface area contributed by atoms with Gasteiger partial charge in [0.05, 0.1) is 13.7 Å². The van der Waals surface area contributed by atoms with Crippen molar-refractivity contribution < 1.29 is 9.47 Å². The van der Waals surface area contributed by atoms with Crippen molar-refractivity contribution in [2.75, 3.05) is 40.9 Å². The Labute approximate surface area is 130 Å². The lowest BCUT2D eigenvalue weighted by Crippen LogP contribution is -2.26. The topological polar surface area (TPSA) is 33.7 Å². The lowest BCUT2D eigenvalue weighted by atomic mass is 10.2. The summed E-state index contributed by atoms with van der Waals surface area (Å²) in [5.74, 6) is 1.62. The first kappa shape index (κ1) is 17.3. The second kappa shape index (κ2) is 9.21. The van der Waals surface area contributed by atoms with Crippen LogP contribution in [0.15, 0.2) is 16.6 Å². The number of hydrogen-bond acceptors (Lipinski definition) is 4. The molecule has 0 aliphatic heterocycles. The molecule has 0 aromatic heterocycles. The summed E-state index contributed by atoms with van der Waals surface area (Å²) in [4.78, 5) is 2.15. The van der Waals surface area contributed by atoms with Gasteiger partial charge in [-0.3, -0.25) is 0 Å². The van der Waals surface area contributed by atoms with Crippen molar-refractivity contribution in [2.45, 2.75) is 19.9 Å². The van der Waals surface area contributed by atoms with Gasteiger partial charge in [-0.15, -0.1) is 0 Å². The Kier molecular flexibility index (Phi) is 7.95. The SMILES string of the molecule is CCCOc1c(OC)ccc(Br)c1CNCCN(C)C. The molecule has 0 aliphatic carbocycles. The summed E-state index contributed by atoms with van der Waals surface area (Å²) in [6, 6.07) is 3.93. The summed E-state index contributed by atoms with van der Waals surface area (Å²) in [5, 5.41) is 3.43. The molecular weight excluding hydrogens is 320 g/mol. The van der Waals surface area contributed by atoms with Crippen molar-refractivity contribution >= 4 is 15.9 Å². The van der Waals surface area contributed by atoms with Crippen LogP contribution in [0.5, 0.6) is 11.5 Å². The van der Waals surface area contributed by atoms with Crippen molar-refractivity contribution in [2.24, 2.45) is 0 Å². The molecule has 0 saturated heterocycles. The average molecular weight is 345 g/mol. The summed E-state index contributed by atoms with van der Waals surface area (Å²) in [5.41, 5.74) is 1.11. The van der Waals surface area contributed by atoms with Crippen LogP contribution in [0.1, 0.15) is 18.9 Å². The van der Waals surface area contributed by atoms with Crippen LogP contribution < -0.4 is 14.8 Å². The maximum Gasteiger partial charge on any atom is 0.166 e. The van der Waals surface area contributed by atoms with Crippen LogP contribution in [0.2, 0.25) is 0 Å². The highest BCUT2D eigenvalue weighted by Gasteiger charge is 2.14. The van der Waals surface area contributed by atoms with Gasteiger partial charge >= 0.3 is 0 Å². The van der Waals surface area contributed by atoms with Crippen molar-refractivity contribution in [1.29, 1.82) is 0 Å². The smallest absolute Gasteiger partial charge is 0.166 e. The minimum Gasteiger partial charge on any atom is -0.493 e. The Morgan fingerprint density at radius 2 is 2.05 bits per heavy atom. The number of nitrogens with zero attached hydrogens (tertiary/aromatic N) is 1. The molecule has 5 heteroatoms. The zero-order valence-electron chi connectivity index (χ0n) is 12.8. The number of hydrogen-bond donors (Lipinski definition) is 1. The maximum atomic E-state index is 5.86. The summed E-state index contributed by atoms with van der Waals surface area (Å²) in [7, 11) is 5.81. The van der Waals surface area contributed by atoms with Crippen molar-refractivity contribution in [3.8, 4) is 11.5 Å². The zero-order chi connectivity index (χ0) is 15.0. The first-order chi connectivity index (χ1) is 9.60. The number of halogens is 1. The highest BCUT2D eigenvalue weighted by molar-refractivity contribution is 9.10. The predicted octanol–water partition coefficient (Wildman–Crippen LogP) is 2.90. The first-order valence-corrected chi connectivity index (χ1v) is 7.73. The molecule has 0 spiro atoms. The van der Waals surface area contributed by atoms with E-state index in [4.69, 9.17) is 9.47 Å². The molecule has 0 fully saturated rings. The van der Waals surface area contributed by atoms with Crippen LogP contribution in [0.25, 0.3) is 0 Å². The van der Waals surface area contributed by atoms with Crippen molar-refractivity contribution in [3.63, 3.8) is 0 Å². The standard InChI is InChI=1S/C15H25BrN2O2/c1-5-10-20-15-12(11-17-8-9-18(2)3)13(16)6-7-14(15)19-4/h6-7,17H,5,8-11H2,1-4H3. The number of methoxy groups -OCH3 is 1. The van der Waals surface area contributed by atoms with E-state index in [1.54, 1.807) is 7.11 Å². The van der Waals surface area contributed by atoms with Crippen LogP contribution in [0, 0.1) is 0 Å². The zero-order valence-corrected chi connectivity index (χ0v) is 14.4. The Hall–Kier alpha value is -0.780. The van der Waals surface area contributed by atoms with Crippen LogP contribution in [0.3, 0.4) is 0 Å².